The summed E-state index contributed by atoms with van der Waals surface area (Å²) in [6, 6.07) is 69.3. The Labute approximate surface area is 345 Å². The molecule has 8 aromatic carbocycles. The van der Waals surface area contributed by atoms with Gasteiger partial charge in [-0.2, -0.15) is 0 Å². The fourth-order valence-electron chi connectivity index (χ4n) is 9.45. The van der Waals surface area contributed by atoms with E-state index in [9.17, 15) is 0 Å². The molecule has 59 heavy (non-hydrogen) atoms. The van der Waals surface area contributed by atoms with Crippen LogP contribution < -0.4 is 0 Å². The molecule has 10 aromatic rings. The minimum atomic E-state index is 0.433. The van der Waals surface area contributed by atoms with E-state index in [1.807, 2.05) is 0 Å². The molecule has 0 N–H and O–H groups in total. The van der Waals surface area contributed by atoms with Crippen LogP contribution in [0.25, 0.3) is 88.4 Å². The highest BCUT2D eigenvalue weighted by molar-refractivity contribution is 6.12. The Hall–Kier alpha value is -7.16. The first-order valence-corrected chi connectivity index (χ1v) is 21.0. The quantitative estimate of drug-likeness (QED) is 0.146. The molecule has 0 radical (unpaired) electrons. The third-order valence-corrected chi connectivity index (χ3v) is 12.4. The van der Waals surface area contributed by atoms with Crippen LogP contribution in [0, 0.1) is 0 Å². The number of hydrogen-bond donors (Lipinski definition) is 0. The first kappa shape index (κ1) is 35.0. The van der Waals surface area contributed by atoms with Gasteiger partial charge in [0, 0.05) is 38.8 Å². The molecule has 1 aliphatic rings. The maximum Gasteiger partial charge on any atom is 0.0541 e. The monoisotopic (exact) mass is 756 g/mol. The molecule has 282 valence electrons. The SMILES string of the molecule is CCCC1=CCC(c2cccc(-c3ccc(-n4c5ccccc5c5cc(-c6ccc7c(c6)c6ccccc6n7-c6cccc(-c7ccccc7)c6)ccc54)cc3)c2)C=C1. The minimum Gasteiger partial charge on any atom is -0.309 e. The first-order valence-electron chi connectivity index (χ1n) is 21.0. The fraction of sp³-hybridized carbons (Fsp3) is 0.0877. The Morgan fingerprint density at radius 2 is 0.949 bits per heavy atom. The van der Waals surface area contributed by atoms with Gasteiger partial charge in [-0.15, -0.1) is 0 Å². The van der Waals surface area contributed by atoms with Crippen molar-refractivity contribution in [2.45, 2.75) is 32.1 Å². The van der Waals surface area contributed by atoms with Crippen molar-refractivity contribution in [3.63, 3.8) is 0 Å². The highest BCUT2D eigenvalue weighted by atomic mass is 15.0. The zero-order valence-corrected chi connectivity index (χ0v) is 33.2. The number of nitrogens with zero attached hydrogens (tertiary/aromatic N) is 2. The molecule has 1 unspecified atom stereocenters. The molecule has 1 atom stereocenters. The van der Waals surface area contributed by atoms with Crippen LogP contribution in [-0.2, 0) is 0 Å². The smallest absolute Gasteiger partial charge is 0.0541 e. The number of hydrogen-bond acceptors (Lipinski definition) is 0. The molecular formula is C57H44N2. The zero-order valence-electron chi connectivity index (χ0n) is 33.2. The van der Waals surface area contributed by atoms with Gasteiger partial charge >= 0.3 is 0 Å². The molecule has 0 bridgehead atoms. The standard InChI is InChI=1S/C57H44N2/c1-2-12-39-23-25-41(26-24-39)43-15-10-16-44(35-43)42-27-31-48(32-28-42)58-54-21-8-6-19-50(54)52-37-46(29-33-56(52)58)47-30-34-57-53(38-47)51-20-7-9-22-55(51)59(57)49-18-11-17-45(36-49)40-13-4-3-5-14-40/h3-11,13-25,27-38,41H,2,12,26H2,1H3. The highest BCUT2D eigenvalue weighted by Gasteiger charge is 2.17. The van der Waals surface area contributed by atoms with Crippen LogP contribution in [0.1, 0.15) is 37.7 Å². The lowest BCUT2D eigenvalue weighted by Gasteiger charge is -2.17. The van der Waals surface area contributed by atoms with Crippen LogP contribution in [0.3, 0.4) is 0 Å². The third-order valence-electron chi connectivity index (χ3n) is 12.4. The number of para-hydroxylation sites is 2. The lowest BCUT2D eigenvalue weighted by Crippen LogP contribution is -1.99. The van der Waals surface area contributed by atoms with Crippen molar-refractivity contribution >= 4 is 43.6 Å². The van der Waals surface area contributed by atoms with E-state index in [2.05, 4.69) is 222 Å². The van der Waals surface area contributed by atoms with Crippen LogP contribution in [0.5, 0.6) is 0 Å². The van der Waals surface area contributed by atoms with Crippen LogP contribution in [-0.4, -0.2) is 9.13 Å². The summed E-state index contributed by atoms with van der Waals surface area (Å²) in [6.07, 6.45) is 10.6. The molecule has 0 saturated heterocycles. The second-order valence-electron chi connectivity index (χ2n) is 16.0. The number of aromatic nitrogens is 2. The van der Waals surface area contributed by atoms with E-state index in [4.69, 9.17) is 0 Å². The summed E-state index contributed by atoms with van der Waals surface area (Å²) in [7, 11) is 0. The molecule has 0 amide bonds. The van der Waals surface area contributed by atoms with E-state index in [1.165, 1.54) is 107 Å². The zero-order chi connectivity index (χ0) is 39.3. The molecule has 2 heteroatoms. The Kier molecular flexibility index (Phi) is 8.70. The Morgan fingerprint density at radius 1 is 0.424 bits per heavy atom. The van der Waals surface area contributed by atoms with Crippen molar-refractivity contribution in [3.05, 3.63) is 217 Å². The number of allylic oxidation sites excluding steroid dienone is 4. The topological polar surface area (TPSA) is 9.86 Å². The van der Waals surface area contributed by atoms with E-state index < -0.39 is 0 Å². The fourth-order valence-corrected chi connectivity index (χ4v) is 9.45. The van der Waals surface area contributed by atoms with E-state index in [0.29, 0.717) is 5.92 Å². The second-order valence-corrected chi connectivity index (χ2v) is 16.0. The van der Waals surface area contributed by atoms with Crippen molar-refractivity contribution in [2.24, 2.45) is 0 Å². The van der Waals surface area contributed by atoms with Crippen molar-refractivity contribution < 1.29 is 0 Å². The van der Waals surface area contributed by atoms with Crippen LogP contribution >= 0.6 is 0 Å². The van der Waals surface area contributed by atoms with E-state index >= 15 is 0 Å². The number of fused-ring (bicyclic) bond motifs is 6. The van der Waals surface area contributed by atoms with Crippen LogP contribution in [0.2, 0.25) is 0 Å². The molecule has 0 aliphatic heterocycles. The summed E-state index contributed by atoms with van der Waals surface area (Å²) in [5.74, 6) is 0.433. The molecule has 1 aliphatic carbocycles. The van der Waals surface area contributed by atoms with Crippen LogP contribution in [0.4, 0.5) is 0 Å². The minimum absolute atomic E-state index is 0.433. The van der Waals surface area contributed by atoms with Crippen molar-refractivity contribution in [1.82, 2.24) is 9.13 Å². The normalized spacial score (nSPS) is 14.1. The third kappa shape index (κ3) is 6.20. The summed E-state index contributed by atoms with van der Waals surface area (Å²) >= 11 is 0. The summed E-state index contributed by atoms with van der Waals surface area (Å²) in [5.41, 5.74) is 17.4. The van der Waals surface area contributed by atoms with Gasteiger partial charge < -0.3 is 9.13 Å². The summed E-state index contributed by atoms with van der Waals surface area (Å²) in [5, 5.41) is 5.02. The highest BCUT2D eigenvalue weighted by Crippen LogP contribution is 2.39. The van der Waals surface area contributed by atoms with E-state index in [-0.39, 0.29) is 0 Å². The van der Waals surface area contributed by atoms with Gasteiger partial charge in [-0.1, -0.05) is 165 Å². The van der Waals surface area contributed by atoms with Gasteiger partial charge in [0.1, 0.15) is 0 Å². The van der Waals surface area contributed by atoms with Crippen LogP contribution in [0.15, 0.2) is 212 Å². The largest absolute Gasteiger partial charge is 0.309 e. The average molecular weight is 757 g/mol. The predicted octanol–water partition coefficient (Wildman–Crippen LogP) is 15.7. The predicted molar refractivity (Wildman–Crippen MR) is 251 cm³/mol. The average Bonchev–Trinajstić information content (AvgIpc) is 3.82. The lowest BCUT2D eigenvalue weighted by atomic mass is 9.88. The van der Waals surface area contributed by atoms with E-state index in [1.54, 1.807) is 0 Å². The molecule has 2 heterocycles. The van der Waals surface area contributed by atoms with Gasteiger partial charge in [0.25, 0.3) is 0 Å². The Balaban J connectivity index is 0.952. The van der Waals surface area contributed by atoms with Crippen molar-refractivity contribution in [1.29, 1.82) is 0 Å². The second kappa shape index (κ2) is 14.7. The molecule has 2 nitrogen and oxygen atoms in total. The van der Waals surface area contributed by atoms with E-state index in [0.717, 1.165) is 12.1 Å². The van der Waals surface area contributed by atoms with Crippen molar-refractivity contribution in [3.8, 4) is 44.8 Å². The maximum atomic E-state index is 2.43. The van der Waals surface area contributed by atoms with Gasteiger partial charge in [0.05, 0.1) is 22.1 Å². The summed E-state index contributed by atoms with van der Waals surface area (Å²) in [4.78, 5) is 0. The maximum absolute atomic E-state index is 2.43. The Bertz CT molecular complexity index is 3240. The summed E-state index contributed by atoms with van der Waals surface area (Å²) in [6.45, 7) is 2.25. The number of rotatable bonds is 8. The first-order chi connectivity index (χ1) is 29.2. The van der Waals surface area contributed by atoms with Gasteiger partial charge in [0.15, 0.2) is 0 Å². The van der Waals surface area contributed by atoms with Gasteiger partial charge in [-0.05, 0) is 112 Å². The molecular weight excluding hydrogens is 713 g/mol. The van der Waals surface area contributed by atoms with Gasteiger partial charge in [-0.25, -0.2) is 0 Å². The van der Waals surface area contributed by atoms with Gasteiger partial charge in [-0.3, -0.25) is 0 Å². The molecule has 11 rings (SSSR count). The molecule has 0 spiro atoms. The van der Waals surface area contributed by atoms with Crippen molar-refractivity contribution in [2.75, 3.05) is 0 Å². The number of benzene rings is 8. The molecule has 0 fully saturated rings. The summed E-state index contributed by atoms with van der Waals surface area (Å²) < 4.78 is 4.83. The Morgan fingerprint density at radius 3 is 1.59 bits per heavy atom. The van der Waals surface area contributed by atoms with Gasteiger partial charge in [0.2, 0.25) is 0 Å². The molecule has 0 saturated carbocycles. The lowest BCUT2D eigenvalue weighted by molar-refractivity contribution is 0.820. The molecule has 2 aromatic heterocycles.